The number of nitrogens with one attached hydrogen (secondary N) is 2. The zero-order chi connectivity index (χ0) is 57.4. The number of aryl methyl sites for hydroxylation is 1. The fourth-order valence-corrected chi connectivity index (χ4v) is 4.84. The van der Waals surface area contributed by atoms with Crippen molar-refractivity contribution in [2.45, 2.75) is 0 Å². The molecule has 0 unspecified atom stereocenters. The van der Waals surface area contributed by atoms with Gasteiger partial charge in [0.15, 0.2) is 26.3 Å². The van der Waals surface area contributed by atoms with Crippen molar-refractivity contribution in [3.8, 4) is 0 Å². The van der Waals surface area contributed by atoms with Crippen LogP contribution in [0.5, 0.6) is 0 Å². The van der Waals surface area contributed by atoms with Gasteiger partial charge in [-0.25, -0.2) is 39.9 Å². The van der Waals surface area contributed by atoms with Crippen LogP contribution in [0.25, 0.3) is 0 Å². The number of pyridine rings is 1. The number of aliphatic imine (C=N–C) groups is 2. The van der Waals surface area contributed by atoms with Gasteiger partial charge >= 0.3 is 0 Å². The lowest BCUT2D eigenvalue weighted by molar-refractivity contribution is -0.600. The van der Waals surface area contributed by atoms with Crippen LogP contribution in [0.4, 0.5) is 0 Å². The van der Waals surface area contributed by atoms with E-state index in [1.54, 1.807) is 170 Å². The third kappa shape index (κ3) is 61.7. The van der Waals surface area contributed by atoms with Crippen molar-refractivity contribution in [3.05, 3.63) is 299 Å². The Balaban J connectivity index is 0.000000434. The van der Waals surface area contributed by atoms with Gasteiger partial charge in [0.25, 0.3) is 0 Å². The molecule has 15 heterocycles. The smallest absolute Gasteiger partial charge is 0.183 e. The van der Waals surface area contributed by atoms with E-state index in [4.69, 9.17) is 0 Å². The van der Waals surface area contributed by atoms with Crippen molar-refractivity contribution in [1.82, 2.24) is 80.1 Å². The van der Waals surface area contributed by atoms with E-state index < -0.39 is 0 Å². The summed E-state index contributed by atoms with van der Waals surface area (Å²) in [6.07, 6.45) is 53.2. The zero-order valence-corrected chi connectivity index (χ0v) is 46.3. The van der Waals surface area contributed by atoms with Crippen LogP contribution in [0, 0.1) is 0 Å². The molecule has 0 saturated heterocycles. The van der Waals surface area contributed by atoms with E-state index in [0.29, 0.717) is 6.67 Å². The number of hydrogen-bond donors (Lipinski definition) is 2. The first-order valence-corrected chi connectivity index (χ1v) is 26.0. The third-order valence-electron chi connectivity index (χ3n) is 6.70. The highest BCUT2D eigenvalue weighted by Gasteiger charge is 1.83. The number of aromatic nitrogens is 17. The summed E-state index contributed by atoms with van der Waals surface area (Å²) in [5, 5.41) is 25.4. The Morgan fingerprint density at radius 2 is 1.14 bits per heavy atom. The summed E-state index contributed by atoms with van der Waals surface area (Å²) in [5.74, 6) is 0. The van der Waals surface area contributed by atoms with Gasteiger partial charge in [0, 0.05) is 111 Å². The molecule has 0 aliphatic carbocycles. The van der Waals surface area contributed by atoms with Crippen molar-refractivity contribution in [2.24, 2.45) is 27.3 Å². The summed E-state index contributed by atoms with van der Waals surface area (Å²) in [6.45, 7) is 1.42. The van der Waals surface area contributed by atoms with Gasteiger partial charge in [-0.15, -0.1) is 20.4 Å². The summed E-state index contributed by atoms with van der Waals surface area (Å²) >= 11 is 5.01. The Bertz CT molecular complexity index is 2240. The minimum absolute atomic E-state index is 0.528. The van der Waals surface area contributed by atoms with Crippen LogP contribution in [0.15, 0.2) is 332 Å². The third-order valence-corrected chi connectivity index (χ3v) is 8.58. The molecule has 416 valence electrons. The van der Waals surface area contributed by atoms with E-state index in [-0.39, 0.29) is 0 Å². The molecular formula is C54H60N21O3S3+. The number of imidazole rings is 1. The van der Waals surface area contributed by atoms with Crippen molar-refractivity contribution in [2.75, 3.05) is 13.2 Å². The first kappa shape index (κ1) is 68.2. The van der Waals surface area contributed by atoms with Gasteiger partial charge in [-0.05, 0) is 77.5 Å². The maximum atomic E-state index is 4.58. The summed E-state index contributed by atoms with van der Waals surface area (Å²) in [7, 11) is 2.02. The van der Waals surface area contributed by atoms with Crippen LogP contribution in [-0.2, 0) is 7.05 Å². The fraction of sp³-hybridized carbons (Fsp3) is 0.0556. The van der Waals surface area contributed by atoms with Gasteiger partial charge in [0.1, 0.15) is 55.7 Å². The van der Waals surface area contributed by atoms with Crippen molar-refractivity contribution in [3.63, 3.8) is 0 Å². The summed E-state index contributed by atoms with van der Waals surface area (Å²) in [6, 6.07) is 26.5. The quantitative estimate of drug-likeness (QED) is 0.133. The number of thiophene rings is 1. The molecule has 0 radical (unpaired) electrons. The van der Waals surface area contributed by atoms with Crippen molar-refractivity contribution < 1.29 is 17.3 Å². The highest BCUT2D eigenvalue weighted by atomic mass is 32.1. The number of rotatable bonds is 0. The number of furan rings is 1. The highest BCUT2D eigenvalue weighted by Crippen LogP contribution is 1.91. The van der Waals surface area contributed by atoms with E-state index in [9.17, 15) is 0 Å². The van der Waals surface area contributed by atoms with E-state index in [2.05, 4.69) is 114 Å². The predicted octanol–water partition coefficient (Wildman–Crippen LogP) is 11.0. The maximum absolute atomic E-state index is 4.58. The van der Waals surface area contributed by atoms with Crippen LogP contribution in [0.3, 0.4) is 0 Å². The van der Waals surface area contributed by atoms with Crippen LogP contribution in [0.2, 0.25) is 0 Å². The predicted molar refractivity (Wildman–Crippen MR) is 314 cm³/mol. The summed E-state index contributed by atoms with van der Waals surface area (Å²) in [4.78, 5) is 53.3. The molecule has 24 nitrogen and oxygen atoms in total. The standard InChI is InChI=1S/C5H5N.3C4H4N2.C4H6NS.2C4H5N.C4H4O.C4H4S.C3H3N3.C3H4N2.2C3H3NO.C3H3NS.C2H3N3/c1-2-4-6-5-3-1;1-2-6-4-3-5-1;1-2-5-4-6-3-1;1-2-4-6-5-3-1;1-5-3-2-4-6-5;4*1-2-4-5-3-1;1-4-2-6-3-5-1;2*1-2-5-3-4-1;1-2-4-5-3-1;1-2-5-3-4-1;1-3-2-5-4-1/h1-5H;3*1-4H;2-4H,1H3;1-3H,4H2;1-5H;2*1-4H;1-3H;1-3H,(H,4,5);3*1-3H;1H,2H2/q;;;;+1;;;;;;;;;;. The Morgan fingerprint density at radius 1 is 0.457 bits per heavy atom. The first-order valence-electron chi connectivity index (χ1n) is 23.2. The van der Waals surface area contributed by atoms with Gasteiger partial charge in [0.05, 0.1) is 48.7 Å². The molecule has 13 aromatic heterocycles. The molecule has 0 fully saturated rings. The topological polar surface area (TPSA) is 305 Å². The lowest BCUT2D eigenvalue weighted by Gasteiger charge is -1.70. The highest BCUT2D eigenvalue weighted by molar-refractivity contribution is 7.07. The molecule has 15 rings (SSSR count). The molecule has 0 spiro atoms. The van der Waals surface area contributed by atoms with Gasteiger partial charge in [-0.1, -0.05) is 29.4 Å². The average Bonchev–Trinajstić information content (AvgIpc) is 4.37. The van der Waals surface area contributed by atoms with Crippen molar-refractivity contribution >= 4 is 46.8 Å². The van der Waals surface area contributed by atoms with Crippen LogP contribution >= 0.6 is 34.2 Å². The number of azo groups is 1. The molecule has 2 aliphatic heterocycles. The number of H-pyrrole nitrogens is 2. The second kappa shape index (κ2) is 63.5. The SMILES string of the molecule is C1=CCN=C1.C1=NCN=N1.C[n+]1cccs1.c1c[nH]cn1.c1cc[nH]c1.c1ccncc1.c1ccnnc1.c1ccoc1.c1ccsc1.c1cnccn1.c1cncnc1.c1cnoc1.c1cocn1.c1cscn1.c1ncncn1. The molecular weight excluding hydrogens is 1090 g/mol. The van der Waals surface area contributed by atoms with E-state index >= 15 is 0 Å². The molecule has 27 heteroatoms. The summed E-state index contributed by atoms with van der Waals surface area (Å²) < 4.78 is 15.4. The number of nitrogens with zero attached hydrogens (tertiary/aromatic N) is 19. The van der Waals surface area contributed by atoms with Crippen LogP contribution < -0.4 is 3.96 Å². The fourth-order valence-electron chi connectivity index (χ4n) is 3.56. The number of hydrogen-bond acceptors (Lipinski definition) is 24. The normalized spacial score (nSPS) is 9.25. The Labute approximate surface area is 481 Å². The van der Waals surface area contributed by atoms with Gasteiger partial charge < -0.3 is 23.3 Å². The number of oxazole rings is 1. The maximum Gasteiger partial charge on any atom is 0.183 e. The molecule has 0 bridgehead atoms. The van der Waals surface area contributed by atoms with Crippen LogP contribution in [-0.4, -0.2) is 106 Å². The molecule has 2 aliphatic rings. The van der Waals surface area contributed by atoms with E-state index in [1.807, 2.05) is 136 Å². The molecule has 2 N–H and O–H groups in total. The van der Waals surface area contributed by atoms with Gasteiger partial charge in [-0.2, -0.15) is 26.6 Å². The first-order chi connectivity index (χ1) is 40.4. The molecule has 0 aromatic carbocycles. The van der Waals surface area contributed by atoms with Crippen molar-refractivity contribution in [1.29, 1.82) is 0 Å². The minimum Gasteiger partial charge on any atom is -0.473 e. The Hall–Kier alpha value is -10.8. The molecule has 0 atom stereocenters. The Kier molecular flexibility index (Phi) is 53.5. The minimum atomic E-state index is 0.528. The average molecular weight is 1150 g/mol. The number of allylic oxidation sites excluding steroid dienone is 1. The van der Waals surface area contributed by atoms with E-state index in [0.717, 1.165) is 6.54 Å². The molecule has 81 heavy (non-hydrogen) atoms. The second-order valence-electron chi connectivity index (χ2n) is 12.6. The van der Waals surface area contributed by atoms with E-state index in [1.165, 1.54) is 50.6 Å². The largest absolute Gasteiger partial charge is 0.473 e. The number of aromatic amines is 2. The Morgan fingerprint density at radius 3 is 1.32 bits per heavy atom. The summed E-state index contributed by atoms with van der Waals surface area (Å²) in [5.41, 5.74) is 1.79. The van der Waals surface area contributed by atoms with Gasteiger partial charge in [-0.3, -0.25) is 24.9 Å². The molecule has 0 saturated carbocycles. The lowest BCUT2D eigenvalue weighted by Crippen LogP contribution is -2.18. The van der Waals surface area contributed by atoms with Gasteiger partial charge in [0.2, 0.25) is 0 Å². The number of thiazole rings is 1. The zero-order valence-electron chi connectivity index (χ0n) is 43.8. The van der Waals surface area contributed by atoms with Crippen LogP contribution in [0.1, 0.15) is 0 Å². The molecule has 13 aromatic rings. The second-order valence-corrected chi connectivity index (χ2v) is 15.2. The monoisotopic (exact) mass is 1150 g/mol. The molecule has 0 amide bonds. The lowest BCUT2D eigenvalue weighted by atomic mass is 10.5.